The molecule has 2 unspecified atom stereocenters. The van der Waals surface area contributed by atoms with E-state index in [9.17, 15) is 14.5 Å². The highest BCUT2D eigenvalue weighted by Crippen LogP contribution is 2.48. The lowest BCUT2D eigenvalue weighted by Gasteiger charge is -2.25. The zero-order valence-corrected chi connectivity index (χ0v) is 24.2. The Morgan fingerprint density at radius 2 is 2.00 bits per heavy atom. The first kappa shape index (κ1) is 30.6. The van der Waals surface area contributed by atoms with Crippen molar-refractivity contribution in [1.29, 1.82) is 0 Å². The number of aliphatic hydroxyl groups is 1. The van der Waals surface area contributed by atoms with Crippen molar-refractivity contribution in [3.8, 4) is 11.6 Å². The molecule has 0 radical (unpaired) electrons. The van der Waals surface area contributed by atoms with Gasteiger partial charge in [0.2, 0.25) is 11.8 Å². The van der Waals surface area contributed by atoms with Crippen LogP contribution in [0.1, 0.15) is 40.8 Å². The molecule has 41 heavy (non-hydrogen) atoms. The normalized spacial score (nSPS) is 24.7. The van der Waals surface area contributed by atoms with Gasteiger partial charge in [-0.25, -0.2) is 13.9 Å². The maximum Gasteiger partial charge on any atom is 0.459 e. The summed E-state index contributed by atoms with van der Waals surface area (Å²) in [6.07, 6.45) is -3.61. The number of imidazole rings is 1. The number of halogens is 1. The van der Waals surface area contributed by atoms with Gasteiger partial charge in [0, 0.05) is 0 Å². The first-order valence-electron chi connectivity index (χ1n) is 13.0. The molecule has 0 bridgehead atoms. The molecule has 1 fully saturated rings. The Morgan fingerprint density at radius 3 is 2.66 bits per heavy atom. The van der Waals surface area contributed by atoms with Crippen LogP contribution in [0, 0.1) is 0 Å². The number of aliphatic hydroxyl groups excluding tert-OH is 1. The van der Waals surface area contributed by atoms with Crippen LogP contribution in [0.5, 0.6) is 11.6 Å². The number of esters is 1. The highest BCUT2D eigenvalue weighted by molar-refractivity contribution is 7.52. The number of ether oxygens (including phenoxy) is 3. The summed E-state index contributed by atoms with van der Waals surface area (Å²) in [7, 11) is -4.29. The van der Waals surface area contributed by atoms with Crippen LogP contribution in [0.2, 0.25) is 0 Å². The summed E-state index contributed by atoms with van der Waals surface area (Å²) < 4.78 is 58.8. The monoisotopic (exact) mass is 596 g/mol. The first-order chi connectivity index (χ1) is 19.3. The third-order valence-corrected chi connectivity index (χ3v) is 7.74. The van der Waals surface area contributed by atoms with Crippen LogP contribution in [0.3, 0.4) is 0 Å². The van der Waals surface area contributed by atoms with Gasteiger partial charge in [0.05, 0.1) is 25.6 Å². The highest BCUT2D eigenvalue weighted by Gasteiger charge is 2.56. The van der Waals surface area contributed by atoms with E-state index in [0.717, 1.165) is 6.92 Å². The number of rotatable bonds is 12. The zero-order chi connectivity index (χ0) is 29.9. The van der Waals surface area contributed by atoms with Crippen LogP contribution in [-0.2, 0) is 23.4 Å². The topological polar surface area (TPSA) is 182 Å². The van der Waals surface area contributed by atoms with Crippen molar-refractivity contribution >= 4 is 30.8 Å². The Balaban J connectivity index is 1.56. The van der Waals surface area contributed by atoms with Gasteiger partial charge in [0.15, 0.2) is 23.1 Å². The van der Waals surface area contributed by atoms with Gasteiger partial charge in [-0.05, 0) is 46.8 Å². The number of nitrogens with zero attached hydrogens (tertiary/aromatic N) is 4. The van der Waals surface area contributed by atoms with Gasteiger partial charge >= 0.3 is 13.7 Å². The number of nitrogens with two attached hydrogens (primary N) is 1. The molecule has 0 saturated carbocycles. The van der Waals surface area contributed by atoms with Crippen LogP contribution in [0.25, 0.3) is 11.2 Å². The van der Waals surface area contributed by atoms with Crippen molar-refractivity contribution in [3.05, 3.63) is 36.7 Å². The Bertz CT molecular complexity index is 1410. The van der Waals surface area contributed by atoms with E-state index in [-0.39, 0.29) is 35.3 Å². The third-order valence-electron chi connectivity index (χ3n) is 6.09. The first-order valence-corrected chi connectivity index (χ1v) is 14.5. The predicted octanol–water partition coefficient (Wildman–Crippen LogP) is 2.93. The number of hydrogen-bond donors (Lipinski definition) is 3. The number of carbonyl (C=O) groups excluding carboxylic acids is 1. The third kappa shape index (κ3) is 6.76. The smallest absolute Gasteiger partial charge is 0.459 e. The van der Waals surface area contributed by atoms with Gasteiger partial charge in [0.1, 0.15) is 24.0 Å². The summed E-state index contributed by atoms with van der Waals surface area (Å²) in [5, 5.41) is 13.4. The summed E-state index contributed by atoms with van der Waals surface area (Å²) in [5.41, 5.74) is 3.79. The minimum Gasteiger partial charge on any atom is -0.476 e. The molecule has 1 aliphatic rings. The molecule has 1 saturated heterocycles. The number of hydrogen-bond acceptors (Lipinski definition) is 12. The Labute approximate surface area is 235 Å². The summed E-state index contributed by atoms with van der Waals surface area (Å²) in [6.45, 7) is 7.38. The number of fused-ring (bicyclic) bond motifs is 1. The lowest BCUT2D eigenvalue weighted by Crippen LogP contribution is -2.41. The summed E-state index contributed by atoms with van der Waals surface area (Å²) in [4.78, 5) is 24.8. The number of carbonyl (C=O) groups is 1. The van der Waals surface area contributed by atoms with E-state index in [0.29, 0.717) is 0 Å². The Kier molecular flexibility index (Phi) is 9.14. The lowest BCUT2D eigenvalue weighted by molar-refractivity contribution is -0.149. The van der Waals surface area contributed by atoms with Crippen LogP contribution in [-0.4, -0.2) is 73.8 Å². The van der Waals surface area contributed by atoms with E-state index in [4.69, 9.17) is 29.0 Å². The summed E-state index contributed by atoms with van der Waals surface area (Å²) >= 11 is 0. The molecule has 6 atom stereocenters. The molecule has 0 amide bonds. The van der Waals surface area contributed by atoms with Crippen molar-refractivity contribution in [2.45, 2.75) is 70.9 Å². The van der Waals surface area contributed by atoms with E-state index < -0.39 is 56.6 Å². The van der Waals surface area contributed by atoms with Gasteiger partial charge in [-0.15, -0.1) is 0 Å². The van der Waals surface area contributed by atoms with Crippen molar-refractivity contribution in [1.82, 2.24) is 24.6 Å². The molecular weight excluding hydrogens is 562 g/mol. The van der Waals surface area contributed by atoms with Crippen molar-refractivity contribution in [2.24, 2.45) is 0 Å². The minimum absolute atomic E-state index is 0.114. The van der Waals surface area contributed by atoms with E-state index in [1.54, 1.807) is 51.1 Å². The highest BCUT2D eigenvalue weighted by atomic mass is 31.2. The van der Waals surface area contributed by atoms with Gasteiger partial charge in [0.25, 0.3) is 0 Å². The molecule has 1 aliphatic heterocycles. The van der Waals surface area contributed by atoms with E-state index >= 15 is 4.39 Å². The molecule has 1 aromatic carbocycles. The number of benzene rings is 1. The second-order valence-corrected chi connectivity index (χ2v) is 11.5. The molecule has 14 nitrogen and oxygen atoms in total. The van der Waals surface area contributed by atoms with Crippen molar-refractivity contribution < 1.29 is 42.1 Å². The maximum absolute atomic E-state index is 16.0. The molecule has 4 N–H and O–H groups in total. The van der Waals surface area contributed by atoms with Gasteiger partial charge in [-0.2, -0.15) is 15.1 Å². The average molecular weight is 597 g/mol. The molecule has 16 heteroatoms. The van der Waals surface area contributed by atoms with Crippen LogP contribution in [0.15, 0.2) is 36.7 Å². The molecule has 0 spiro atoms. The zero-order valence-electron chi connectivity index (χ0n) is 23.3. The van der Waals surface area contributed by atoms with Crippen molar-refractivity contribution in [3.63, 3.8) is 0 Å². The van der Waals surface area contributed by atoms with Crippen molar-refractivity contribution in [2.75, 3.05) is 18.9 Å². The number of para-hydroxylation sites is 1. The number of alkyl halides is 1. The number of anilines is 1. The van der Waals surface area contributed by atoms with E-state index in [1.165, 1.54) is 17.8 Å². The molecular formula is C25H34FN6O8P. The molecule has 3 aromatic rings. The fourth-order valence-electron chi connectivity index (χ4n) is 4.17. The van der Waals surface area contributed by atoms with E-state index in [2.05, 4.69) is 20.0 Å². The number of nitrogens with one attached hydrogen (secondary N) is 1. The second-order valence-electron chi connectivity index (χ2n) is 9.80. The predicted molar refractivity (Wildman–Crippen MR) is 145 cm³/mol. The maximum atomic E-state index is 16.0. The Morgan fingerprint density at radius 1 is 1.29 bits per heavy atom. The second kappa shape index (κ2) is 12.2. The fourth-order valence-corrected chi connectivity index (χ4v) is 5.67. The fraction of sp³-hybridized carbons (Fsp3) is 0.520. The lowest BCUT2D eigenvalue weighted by atomic mass is 9.98. The SMILES string of the molecule is CCOc1nc(N)nc2c1ncn2C1O[C@H](CO[P@@](=O)(NC(C)C(=O)OC(C)C)Oc2ccccc2)[C@@H](O)[C@@]1(C)F. The molecule has 4 rings (SSSR count). The number of aromatic nitrogens is 4. The molecule has 3 heterocycles. The van der Waals surface area contributed by atoms with Crippen LogP contribution >= 0.6 is 7.75 Å². The standard InChI is InChI=1S/C25H34FN6O8P/c1-6-36-21-18-20(29-24(27)30-21)32(13-28-18)23-25(5,26)19(33)17(39-23)12-37-41(35,40-16-10-8-7-9-11-16)31-15(4)22(34)38-14(2)3/h7-11,13-15,17,19,23,33H,6,12H2,1-5H3,(H,31,35)(H2,27,29,30)/t15?,17-,19-,23?,25-,41+/m1/s1. The molecule has 2 aromatic heterocycles. The summed E-state index contributed by atoms with van der Waals surface area (Å²) in [6, 6.07) is 7.03. The minimum atomic E-state index is -4.29. The molecule has 224 valence electrons. The number of nitrogen functional groups attached to an aromatic ring is 1. The average Bonchev–Trinajstić information content (AvgIpc) is 3.41. The summed E-state index contributed by atoms with van der Waals surface area (Å²) in [5.74, 6) is -0.519. The van der Waals surface area contributed by atoms with Gasteiger partial charge in [-0.3, -0.25) is 13.9 Å². The Hall–Kier alpha value is -3.36. The van der Waals surface area contributed by atoms with Gasteiger partial charge in [-0.1, -0.05) is 18.2 Å². The molecule has 0 aliphatic carbocycles. The largest absolute Gasteiger partial charge is 0.476 e. The van der Waals surface area contributed by atoms with Crippen LogP contribution < -0.4 is 20.1 Å². The van der Waals surface area contributed by atoms with Gasteiger partial charge < -0.3 is 29.6 Å². The van der Waals surface area contributed by atoms with E-state index in [1.807, 2.05) is 0 Å². The quantitative estimate of drug-likeness (QED) is 0.205. The van der Waals surface area contributed by atoms with Crippen LogP contribution in [0.4, 0.5) is 10.3 Å².